The van der Waals surface area contributed by atoms with E-state index < -0.39 is 6.04 Å². The van der Waals surface area contributed by atoms with Gasteiger partial charge in [0.15, 0.2) is 0 Å². The quantitative estimate of drug-likeness (QED) is 0.630. The predicted molar refractivity (Wildman–Crippen MR) is 119 cm³/mol. The number of anilines is 2. The molecule has 0 bridgehead atoms. The molecule has 2 heterocycles. The number of carbonyl (C=O) groups is 2. The Morgan fingerprint density at radius 1 is 1.10 bits per heavy atom. The van der Waals surface area contributed by atoms with Crippen molar-refractivity contribution in [1.29, 1.82) is 0 Å². The van der Waals surface area contributed by atoms with Gasteiger partial charge in [-0.05, 0) is 54.7 Å². The lowest BCUT2D eigenvalue weighted by atomic mass is 9.94. The Kier molecular flexibility index (Phi) is 5.81. The molecule has 0 spiro atoms. The first kappa shape index (κ1) is 20.1. The molecule has 0 fully saturated rings. The van der Waals surface area contributed by atoms with E-state index in [1.807, 2.05) is 55.5 Å². The number of fused-ring (bicyclic) bond motifs is 1. The van der Waals surface area contributed by atoms with Crippen molar-refractivity contribution in [2.75, 3.05) is 10.2 Å². The average Bonchev–Trinajstić information content (AvgIpc) is 2.76. The summed E-state index contributed by atoms with van der Waals surface area (Å²) in [4.78, 5) is 32.2. The van der Waals surface area contributed by atoms with Crippen LogP contribution in [-0.2, 0) is 22.4 Å². The molecule has 1 aliphatic heterocycles. The van der Waals surface area contributed by atoms with Crippen molar-refractivity contribution in [3.8, 4) is 0 Å². The van der Waals surface area contributed by atoms with Crippen LogP contribution in [0, 0.1) is 6.92 Å². The van der Waals surface area contributed by atoms with Gasteiger partial charge in [-0.1, -0.05) is 54.1 Å². The third kappa shape index (κ3) is 4.21. The van der Waals surface area contributed by atoms with Gasteiger partial charge in [-0.15, -0.1) is 0 Å². The van der Waals surface area contributed by atoms with E-state index in [0.717, 1.165) is 34.5 Å². The summed E-state index contributed by atoms with van der Waals surface area (Å²) in [5, 5.41) is 3.38. The molecule has 0 radical (unpaired) electrons. The largest absolute Gasteiger partial charge is 0.324 e. The molecule has 5 nitrogen and oxygen atoms in total. The molecule has 1 aliphatic rings. The van der Waals surface area contributed by atoms with Crippen molar-refractivity contribution in [1.82, 2.24) is 4.98 Å². The number of aryl methyl sites for hydroxylation is 2. The number of nitrogens with zero attached hydrogens (tertiary/aromatic N) is 2. The van der Waals surface area contributed by atoms with Gasteiger partial charge >= 0.3 is 0 Å². The molecule has 4 rings (SSSR count). The van der Waals surface area contributed by atoms with Crippen LogP contribution in [0.3, 0.4) is 0 Å². The van der Waals surface area contributed by atoms with Crippen LogP contribution in [0.4, 0.5) is 11.4 Å². The van der Waals surface area contributed by atoms with Crippen LogP contribution in [0.15, 0.2) is 66.9 Å². The molecular formula is C24H22ClN3O2. The van der Waals surface area contributed by atoms with Gasteiger partial charge in [0.25, 0.3) is 0 Å². The van der Waals surface area contributed by atoms with Crippen LogP contribution in [0.25, 0.3) is 0 Å². The highest BCUT2D eigenvalue weighted by atomic mass is 35.5. The Labute approximate surface area is 180 Å². The zero-order valence-electron chi connectivity index (χ0n) is 16.6. The maximum atomic E-state index is 13.3. The van der Waals surface area contributed by atoms with Crippen molar-refractivity contribution < 1.29 is 9.59 Å². The summed E-state index contributed by atoms with van der Waals surface area (Å²) < 4.78 is 0. The second kappa shape index (κ2) is 8.67. The third-order valence-corrected chi connectivity index (χ3v) is 5.59. The molecule has 0 saturated heterocycles. The minimum Gasteiger partial charge on any atom is -0.324 e. The Hall–Kier alpha value is -3.18. The van der Waals surface area contributed by atoms with Gasteiger partial charge in [0.05, 0.1) is 6.42 Å². The van der Waals surface area contributed by atoms with Gasteiger partial charge < -0.3 is 5.32 Å². The Bertz CT molecular complexity index is 1080. The van der Waals surface area contributed by atoms with Gasteiger partial charge in [0, 0.05) is 17.6 Å². The topological polar surface area (TPSA) is 62.3 Å². The van der Waals surface area contributed by atoms with E-state index in [4.69, 9.17) is 11.6 Å². The van der Waals surface area contributed by atoms with Gasteiger partial charge in [-0.3, -0.25) is 14.5 Å². The number of nitrogens with one attached hydrogen (secondary N) is 1. The number of hydrogen-bond donors (Lipinski definition) is 1. The first-order valence-corrected chi connectivity index (χ1v) is 10.3. The lowest BCUT2D eigenvalue weighted by Crippen LogP contribution is -2.50. The summed E-state index contributed by atoms with van der Waals surface area (Å²) in [6.07, 6.45) is 3.05. The third-order valence-electron chi connectivity index (χ3n) is 5.37. The van der Waals surface area contributed by atoms with Crippen LogP contribution in [0.5, 0.6) is 0 Å². The van der Waals surface area contributed by atoms with Crippen molar-refractivity contribution in [2.45, 2.75) is 32.2 Å². The molecule has 1 N–H and O–H groups in total. The molecule has 3 aromatic rings. The van der Waals surface area contributed by atoms with E-state index in [-0.39, 0.29) is 18.2 Å². The van der Waals surface area contributed by atoms with Gasteiger partial charge in [0.1, 0.15) is 11.2 Å². The van der Waals surface area contributed by atoms with E-state index in [1.54, 1.807) is 23.2 Å². The number of carbonyl (C=O) groups excluding carboxylic acids is 2. The highest BCUT2D eigenvalue weighted by Gasteiger charge is 2.35. The smallest absolute Gasteiger partial charge is 0.247 e. The molecule has 1 aromatic heterocycles. The first-order valence-electron chi connectivity index (χ1n) is 9.90. The van der Waals surface area contributed by atoms with Crippen LogP contribution >= 0.6 is 11.6 Å². The molecule has 1 unspecified atom stereocenters. The van der Waals surface area contributed by atoms with Crippen molar-refractivity contribution >= 4 is 34.8 Å². The fourth-order valence-electron chi connectivity index (χ4n) is 3.80. The summed E-state index contributed by atoms with van der Waals surface area (Å²) >= 11 is 5.86. The Balaban J connectivity index is 1.63. The average molecular weight is 420 g/mol. The summed E-state index contributed by atoms with van der Waals surface area (Å²) in [7, 11) is 0. The normalized spacial score (nSPS) is 15.4. The second-order valence-corrected chi connectivity index (χ2v) is 7.80. The number of benzene rings is 2. The molecule has 30 heavy (non-hydrogen) atoms. The molecule has 0 saturated carbocycles. The Morgan fingerprint density at radius 2 is 1.87 bits per heavy atom. The summed E-state index contributed by atoms with van der Waals surface area (Å²) in [5.74, 6) is -0.322. The SMILES string of the molecule is Cc1ccccc1NC(=O)C1CCc2ccccc2N1C(=O)Cc1ccc(Cl)nc1. The molecule has 2 aromatic carbocycles. The summed E-state index contributed by atoms with van der Waals surface area (Å²) in [6.45, 7) is 1.95. The number of halogens is 1. The molecule has 1 atom stereocenters. The minimum atomic E-state index is -0.577. The maximum absolute atomic E-state index is 13.3. The molecule has 2 amide bonds. The number of rotatable bonds is 4. The van der Waals surface area contributed by atoms with Crippen LogP contribution in [0.2, 0.25) is 5.15 Å². The van der Waals surface area contributed by atoms with E-state index in [0.29, 0.717) is 11.6 Å². The van der Waals surface area contributed by atoms with Crippen molar-refractivity contribution in [3.63, 3.8) is 0 Å². The number of para-hydroxylation sites is 2. The van der Waals surface area contributed by atoms with E-state index in [1.165, 1.54) is 0 Å². The van der Waals surface area contributed by atoms with Crippen LogP contribution in [-0.4, -0.2) is 22.8 Å². The van der Waals surface area contributed by atoms with E-state index in [9.17, 15) is 9.59 Å². The number of aromatic nitrogens is 1. The number of hydrogen-bond acceptors (Lipinski definition) is 3. The predicted octanol–water partition coefficient (Wildman–Crippen LogP) is 4.57. The summed E-state index contributed by atoms with van der Waals surface area (Å²) in [6, 6.07) is 18.3. The maximum Gasteiger partial charge on any atom is 0.247 e. The zero-order chi connectivity index (χ0) is 21.1. The monoisotopic (exact) mass is 419 g/mol. The van der Waals surface area contributed by atoms with E-state index >= 15 is 0 Å². The van der Waals surface area contributed by atoms with Crippen molar-refractivity contribution in [2.24, 2.45) is 0 Å². The van der Waals surface area contributed by atoms with E-state index in [2.05, 4.69) is 10.3 Å². The van der Waals surface area contributed by atoms with Crippen LogP contribution < -0.4 is 10.2 Å². The number of amides is 2. The molecule has 6 heteroatoms. The minimum absolute atomic E-state index is 0.142. The first-order chi connectivity index (χ1) is 14.5. The highest BCUT2D eigenvalue weighted by molar-refractivity contribution is 6.29. The molecule has 152 valence electrons. The Morgan fingerprint density at radius 3 is 2.63 bits per heavy atom. The number of pyridine rings is 1. The highest BCUT2D eigenvalue weighted by Crippen LogP contribution is 2.32. The zero-order valence-corrected chi connectivity index (χ0v) is 17.4. The van der Waals surface area contributed by atoms with Crippen molar-refractivity contribution in [3.05, 3.63) is 88.7 Å². The van der Waals surface area contributed by atoms with Gasteiger partial charge in [0.2, 0.25) is 11.8 Å². The standard InChI is InChI=1S/C24H22ClN3O2/c1-16-6-2-4-8-19(16)27-24(30)21-12-11-18-7-3-5-9-20(18)28(21)23(29)14-17-10-13-22(25)26-15-17/h2-10,13,15,21H,11-12,14H2,1H3,(H,27,30). The molecule has 0 aliphatic carbocycles. The van der Waals surface area contributed by atoms with Gasteiger partial charge in [-0.2, -0.15) is 0 Å². The fraction of sp³-hybridized carbons (Fsp3) is 0.208. The second-order valence-electron chi connectivity index (χ2n) is 7.42. The summed E-state index contributed by atoms with van der Waals surface area (Å²) in [5.41, 5.74) is 4.36. The van der Waals surface area contributed by atoms with Crippen LogP contribution in [0.1, 0.15) is 23.1 Å². The molecular weight excluding hydrogens is 398 g/mol. The lowest BCUT2D eigenvalue weighted by molar-refractivity contribution is -0.123. The fourth-order valence-corrected chi connectivity index (χ4v) is 3.91. The van der Waals surface area contributed by atoms with Gasteiger partial charge in [-0.25, -0.2) is 4.98 Å². The lowest BCUT2D eigenvalue weighted by Gasteiger charge is -2.36.